The Morgan fingerprint density at radius 3 is 2.56 bits per heavy atom. The van der Waals surface area contributed by atoms with Crippen molar-refractivity contribution < 1.29 is 13.2 Å². The molecule has 1 heterocycles. The molecule has 0 aromatic heterocycles. The predicted octanol–water partition coefficient (Wildman–Crippen LogP) is 4.33. The van der Waals surface area contributed by atoms with E-state index in [0.717, 1.165) is 31.2 Å². The van der Waals surface area contributed by atoms with Crippen LogP contribution in [0, 0.1) is 0 Å². The number of carbonyl (C=O) groups is 1. The normalized spacial score (nSPS) is 15.5. The number of nitrogens with zero attached hydrogens (tertiary/aromatic N) is 1. The summed E-state index contributed by atoms with van der Waals surface area (Å²) < 4.78 is 27.3. The quantitative estimate of drug-likeness (QED) is 0.803. The number of nitrogens with one attached hydrogen (secondary N) is 1. The summed E-state index contributed by atoms with van der Waals surface area (Å²) in [4.78, 5) is 12.6. The fourth-order valence-electron chi connectivity index (χ4n) is 3.16. The summed E-state index contributed by atoms with van der Waals surface area (Å²) >= 11 is 6.17. The standard InChI is InChI=1S/C20H23ClN2O3S/c1-2-15-7-6-8-17(13-15)22-20(24)16-9-10-18(21)19(14-16)27(25,26)23-11-4-3-5-12-23/h6-10,13-14H,2-5,11-12H2,1H3,(H,22,24). The second kappa shape index (κ2) is 8.42. The first kappa shape index (κ1) is 19.9. The molecule has 0 aliphatic carbocycles. The van der Waals surface area contributed by atoms with E-state index in [2.05, 4.69) is 5.32 Å². The second-order valence-electron chi connectivity index (χ2n) is 6.62. The fourth-order valence-corrected chi connectivity index (χ4v) is 5.18. The van der Waals surface area contributed by atoms with Crippen molar-refractivity contribution in [3.8, 4) is 0 Å². The minimum atomic E-state index is -3.71. The number of hydrogen-bond donors (Lipinski definition) is 1. The highest BCUT2D eigenvalue weighted by atomic mass is 35.5. The van der Waals surface area contributed by atoms with Gasteiger partial charge in [0.1, 0.15) is 4.90 Å². The van der Waals surface area contributed by atoms with Crippen LogP contribution in [0.4, 0.5) is 5.69 Å². The topological polar surface area (TPSA) is 66.5 Å². The largest absolute Gasteiger partial charge is 0.322 e. The van der Waals surface area contributed by atoms with E-state index in [4.69, 9.17) is 11.6 Å². The molecule has 0 saturated carbocycles. The maximum Gasteiger partial charge on any atom is 0.255 e. The summed E-state index contributed by atoms with van der Waals surface area (Å²) in [5.74, 6) is -0.366. The van der Waals surface area contributed by atoms with Crippen molar-refractivity contribution in [1.29, 1.82) is 0 Å². The number of sulfonamides is 1. The average Bonchev–Trinajstić information content (AvgIpc) is 2.69. The number of benzene rings is 2. The van der Waals surface area contributed by atoms with Gasteiger partial charge >= 0.3 is 0 Å². The molecule has 27 heavy (non-hydrogen) atoms. The summed E-state index contributed by atoms with van der Waals surface area (Å²) in [6, 6.07) is 11.9. The summed E-state index contributed by atoms with van der Waals surface area (Å²) in [6.45, 7) is 3.01. The minimum absolute atomic E-state index is 0.0129. The molecule has 144 valence electrons. The van der Waals surface area contributed by atoms with Crippen LogP contribution in [0.5, 0.6) is 0 Å². The van der Waals surface area contributed by atoms with Gasteiger partial charge in [-0.1, -0.05) is 37.1 Å². The van der Waals surface area contributed by atoms with E-state index in [-0.39, 0.29) is 21.4 Å². The first-order chi connectivity index (χ1) is 12.9. The molecule has 3 rings (SSSR count). The van der Waals surface area contributed by atoms with Crippen molar-refractivity contribution in [3.05, 3.63) is 58.6 Å². The van der Waals surface area contributed by atoms with Crippen LogP contribution < -0.4 is 5.32 Å². The number of rotatable bonds is 5. The van der Waals surface area contributed by atoms with Crippen LogP contribution in [-0.4, -0.2) is 31.7 Å². The summed E-state index contributed by atoms with van der Waals surface area (Å²) in [5, 5.41) is 2.95. The first-order valence-corrected chi connectivity index (χ1v) is 10.9. The van der Waals surface area contributed by atoms with Crippen LogP contribution in [0.25, 0.3) is 0 Å². The lowest BCUT2D eigenvalue weighted by molar-refractivity contribution is 0.102. The smallest absolute Gasteiger partial charge is 0.255 e. The average molecular weight is 407 g/mol. The van der Waals surface area contributed by atoms with Gasteiger partial charge < -0.3 is 5.32 Å². The molecule has 0 unspecified atom stereocenters. The van der Waals surface area contributed by atoms with Crippen molar-refractivity contribution in [3.63, 3.8) is 0 Å². The summed E-state index contributed by atoms with van der Waals surface area (Å²) in [5.41, 5.74) is 2.05. The number of piperidine rings is 1. The SMILES string of the molecule is CCc1cccc(NC(=O)c2ccc(Cl)c(S(=O)(=O)N3CCCCC3)c2)c1. The van der Waals surface area contributed by atoms with Crippen LogP contribution in [0.2, 0.25) is 5.02 Å². The molecule has 1 aliphatic rings. The van der Waals surface area contributed by atoms with Crippen molar-refractivity contribution >= 4 is 33.2 Å². The Morgan fingerprint density at radius 1 is 1.11 bits per heavy atom. The van der Waals surface area contributed by atoms with Crippen LogP contribution in [-0.2, 0) is 16.4 Å². The number of amides is 1. The Morgan fingerprint density at radius 2 is 1.85 bits per heavy atom. The molecule has 2 aromatic carbocycles. The Labute approximate surface area is 165 Å². The molecule has 1 fully saturated rings. The minimum Gasteiger partial charge on any atom is -0.322 e. The van der Waals surface area contributed by atoms with Gasteiger partial charge in [-0.05, 0) is 55.2 Å². The monoisotopic (exact) mass is 406 g/mol. The number of anilines is 1. The van der Waals surface area contributed by atoms with Crippen molar-refractivity contribution in [2.75, 3.05) is 18.4 Å². The molecular weight excluding hydrogens is 384 g/mol. The molecule has 1 saturated heterocycles. The zero-order chi connectivity index (χ0) is 19.4. The molecule has 0 radical (unpaired) electrons. The van der Waals surface area contributed by atoms with Gasteiger partial charge in [-0.15, -0.1) is 0 Å². The van der Waals surface area contributed by atoms with Crippen LogP contribution in [0.15, 0.2) is 47.4 Å². The molecule has 0 atom stereocenters. The zero-order valence-corrected chi connectivity index (χ0v) is 16.8. The highest BCUT2D eigenvalue weighted by Gasteiger charge is 2.28. The summed E-state index contributed by atoms with van der Waals surface area (Å²) in [7, 11) is -3.71. The number of halogens is 1. The van der Waals surface area contributed by atoms with Gasteiger partial charge in [0.25, 0.3) is 5.91 Å². The molecule has 7 heteroatoms. The van der Waals surface area contributed by atoms with E-state index in [1.54, 1.807) is 6.07 Å². The zero-order valence-electron chi connectivity index (χ0n) is 15.2. The molecule has 1 N–H and O–H groups in total. The summed E-state index contributed by atoms with van der Waals surface area (Å²) in [6.07, 6.45) is 3.57. The maximum atomic E-state index is 12.9. The van der Waals surface area contributed by atoms with E-state index in [9.17, 15) is 13.2 Å². The number of carbonyl (C=O) groups excluding carboxylic acids is 1. The number of hydrogen-bond acceptors (Lipinski definition) is 3. The third-order valence-corrected chi connectivity index (χ3v) is 7.10. The fraction of sp³-hybridized carbons (Fsp3) is 0.350. The van der Waals surface area contributed by atoms with E-state index in [1.807, 2.05) is 25.1 Å². The van der Waals surface area contributed by atoms with Crippen LogP contribution in [0.1, 0.15) is 42.1 Å². The van der Waals surface area contributed by atoms with Crippen molar-refractivity contribution in [2.45, 2.75) is 37.5 Å². The van der Waals surface area contributed by atoms with Gasteiger partial charge in [-0.3, -0.25) is 4.79 Å². The molecule has 0 bridgehead atoms. The molecule has 2 aromatic rings. The Kier molecular flexibility index (Phi) is 6.19. The van der Waals surface area contributed by atoms with Crippen molar-refractivity contribution in [1.82, 2.24) is 4.31 Å². The lowest BCUT2D eigenvalue weighted by Gasteiger charge is -2.26. The lowest BCUT2D eigenvalue weighted by atomic mass is 10.1. The second-order valence-corrected chi connectivity index (χ2v) is 8.93. The highest BCUT2D eigenvalue weighted by molar-refractivity contribution is 7.89. The van der Waals surface area contributed by atoms with E-state index in [1.165, 1.54) is 22.5 Å². The highest BCUT2D eigenvalue weighted by Crippen LogP contribution is 2.28. The van der Waals surface area contributed by atoms with E-state index >= 15 is 0 Å². The van der Waals surface area contributed by atoms with E-state index < -0.39 is 10.0 Å². The molecule has 5 nitrogen and oxygen atoms in total. The third kappa shape index (κ3) is 4.51. The molecule has 1 amide bonds. The Bertz CT molecular complexity index is 938. The molecule has 0 spiro atoms. The van der Waals surface area contributed by atoms with Gasteiger partial charge in [-0.25, -0.2) is 8.42 Å². The van der Waals surface area contributed by atoms with Crippen LogP contribution in [0.3, 0.4) is 0 Å². The third-order valence-electron chi connectivity index (χ3n) is 4.72. The molecule has 1 aliphatic heterocycles. The van der Waals surface area contributed by atoms with Crippen LogP contribution >= 0.6 is 11.6 Å². The van der Waals surface area contributed by atoms with Gasteiger partial charge in [-0.2, -0.15) is 4.31 Å². The van der Waals surface area contributed by atoms with Gasteiger partial charge in [0.15, 0.2) is 0 Å². The first-order valence-electron chi connectivity index (χ1n) is 9.12. The Balaban J connectivity index is 1.87. The number of aryl methyl sites for hydroxylation is 1. The lowest BCUT2D eigenvalue weighted by Crippen LogP contribution is -2.35. The maximum absolute atomic E-state index is 12.9. The van der Waals surface area contributed by atoms with Gasteiger partial charge in [0, 0.05) is 24.3 Å². The predicted molar refractivity (Wildman–Crippen MR) is 108 cm³/mol. The van der Waals surface area contributed by atoms with Gasteiger partial charge in [0.2, 0.25) is 10.0 Å². The molecular formula is C20H23ClN2O3S. The Hall–Kier alpha value is -1.89. The van der Waals surface area contributed by atoms with Crippen molar-refractivity contribution in [2.24, 2.45) is 0 Å². The van der Waals surface area contributed by atoms with E-state index in [0.29, 0.717) is 18.8 Å². The van der Waals surface area contributed by atoms with Gasteiger partial charge in [0.05, 0.1) is 5.02 Å².